The van der Waals surface area contributed by atoms with Crippen molar-refractivity contribution >= 4 is 4.57 Å². The summed E-state index contributed by atoms with van der Waals surface area (Å²) in [5.74, 6) is 6.10. The Morgan fingerprint density at radius 2 is 2.46 bits per heavy atom. The van der Waals surface area contributed by atoms with Crippen LogP contribution in [0.5, 0.6) is 0 Å². The molecule has 0 aromatic rings. The van der Waals surface area contributed by atoms with Crippen LogP contribution in [0, 0.1) is 11.8 Å². The van der Waals surface area contributed by atoms with Crippen molar-refractivity contribution in [3.8, 4) is 11.8 Å². The first kappa shape index (κ1) is 10.7. The Morgan fingerprint density at radius 1 is 1.62 bits per heavy atom. The van der Waals surface area contributed by atoms with E-state index in [9.17, 15) is 0 Å². The van der Waals surface area contributed by atoms with E-state index in [0.717, 1.165) is 6.42 Å². The van der Waals surface area contributed by atoms with Gasteiger partial charge in [-0.1, -0.05) is 0 Å². The van der Waals surface area contributed by atoms with E-state index in [4.69, 9.17) is 4.74 Å². The Kier molecular flexibility index (Phi) is 5.10. The van der Waals surface area contributed by atoms with Crippen LogP contribution in [-0.2, 0) is 20.6 Å². The third-order valence-electron chi connectivity index (χ3n) is 1.89. The average Bonchev–Trinajstić information content (AvgIpc) is 2.17. The van der Waals surface area contributed by atoms with Crippen molar-refractivity contribution in [1.29, 1.82) is 0 Å². The zero-order chi connectivity index (χ0) is 9.52. The summed E-state index contributed by atoms with van der Waals surface area (Å²) in [5, 5.41) is 0. The van der Waals surface area contributed by atoms with Gasteiger partial charge in [0.25, 0.3) is 0 Å². The van der Waals surface area contributed by atoms with E-state index < -0.39 is 0 Å². The first-order valence-electron chi connectivity index (χ1n) is 4.70. The Morgan fingerprint density at radius 3 is 3.08 bits per heavy atom. The molecule has 0 atom stereocenters. The third kappa shape index (κ3) is 4.44. The Hall–Kier alpha value is -0.338. The molecular weight excluding hydrogens is 200 g/mol. The standard InChI is InChI=1S/C11H14O.Cr/c1-2-12-10-6-9-11-7-4-3-5-8-11;/h7H,2-5,8H2,1H3;. The number of hydrogen-bond acceptors (Lipinski definition) is 1. The monoisotopic (exact) mass is 214 g/mol. The van der Waals surface area contributed by atoms with Gasteiger partial charge in [-0.15, -0.1) is 0 Å². The van der Waals surface area contributed by atoms with Crippen LogP contribution in [0.4, 0.5) is 0 Å². The van der Waals surface area contributed by atoms with E-state index >= 15 is 0 Å². The van der Waals surface area contributed by atoms with Crippen molar-refractivity contribution in [3.63, 3.8) is 0 Å². The Bertz CT molecular complexity index is 268. The third-order valence-corrected chi connectivity index (χ3v) is 2.23. The van der Waals surface area contributed by atoms with Crippen LogP contribution in [0.25, 0.3) is 0 Å². The van der Waals surface area contributed by atoms with Crippen LogP contribution < -0.4 is 0 Å². The SMILES string of the molecule is CCO[C](=[Cr])C#CC1=CCCCC1. The molecule has 0 aromatic carbocycles. The predicted molar refractivity (Wildman–Crippen MR) is 51.0 cm³/mol. The quantitative estimate of drug-likeness (QED) is 0.640. The van der Waals surface area contributed by atoms with Gasteiger partial charge in [0, 0.05) is 0 Å². The second-order valence-electron chi connectivity index (χ2n) is 2.95. The van der Waals surface area contributed by atoms with Gasteiger partial charge in [0.1, 0.15) is 0 Å². The zero-order valence-electron chi connectivity index (χ0n) is 7.93. The van der Waals surface area contributed by atoms with E-state index in [0.29, 0.717) is 11.2 Å². The fourth-order valence-electron chi connectivity index (χ4n) is 1.25. The second kappa shape index (κ2) is 6.17. The topological polar surface area (TPSA) is 9.23 Å². The Labute approximate surface area is 88.1 Å². The molecule has 0 aromatic heterocycles. The molecule has 0 heterocycles. The number of hydrogen-bond donors (Lipinski definition) is 0. The number of ether oxygens (including phenoxy) is 1. The molecule has 0 bridgehead atoms. The van der Waals surface area contributed by atoms with Crippen LogP contribution in [0.3, 0.4) is 0 Å². The predicted octanol–water partition coefficient (Wildman–Crippen LogP) is 2.20. The summed E-state index contributed by atoms with van der Waals surface area (Å²) in [6.07, 6.45) is 7.13. The first-order chi connectivity index (χ1) is 6.33. The van der Waals surface area contributed by atoms with Crippen molar-refractivity contribution in [2.45, 2.75) is 32.6 Å². The molecule has 1 rings (SSSR count). The molecule has 0 amide bonds. The maximum atomic E-state index is 5.19. The van der Waals surface area contributed by atoms with E-state index in [2.05, 4.69) is 33.8 Å². The van der Waals surface area contributed by atoms with Crippen molar-refractivity contribution in [1.82, 2.24) is 0 Å². The molecule has 0 spiro atoms. The van der Waals surface area contributed by atoms with E-state index in [1.54, 1.807) is 0 Å². The maximum absolute atomic E-state index is 5.19. The summed E-state index contributed by atoms with van der Waals surface area (Å²) >= 11 is 2.81. The van der Waals surface area contributed by atoms with Crippen LogP contribution in [-0.4, -0.2) is 11.2 Å². The van der Waals surface area contributed by atoms with Crippen LogP contribution in [0.2, 0.25) is 0 Å². The molecular formula is C11H14CrO. The average molecular weight is 214 g/mol. The molecule has 0 N–H and O–H groups in total. The summed E-state index contributed by atoms with van der Waals surface area (Å²) in [6, 6.07) is 0. The number of allylic oxidation sites excluding steroid dienone is 2. The normalized spacial score (nSPS) is 15.6. The fraction of sp³-hybridized carbons (Fsp3) is 0.545. The molecule has 1 nitrogen and oxygen atoms in total. The molecule has 0 saturated carbocycles. The minimum absolute atomic E-state index is 0.677. The van der Waals surface area contributed by atoms with Gasteiger partial charge in [0.15, 0.2) is 0 Å². The molecule has 70 valence electrons. The van der Waals surface area contributed by atoms with Crippen molar-refractivity contribution < 1.29 is 20.6 Å². The van der Waals surface area contributed by atoms with Gasteiger partial charge < -0.3 is 0 Å². The molecule has 13 heavy (non-hydrogen) atoms. The van der Waals surface area contributed by atoms with E-state index in [-0.39, 0.29) is 0 Å². The summed E-state index contributed by atoms with van der Waals surface area (Å²) in [4.78, 5) is 0. The summed E-state index contributed by atoms with van der Waals surface area (Å²) in [6.45, 7) is 2.63. The summed E-state index contributed by atoms with van der Waals surface area (Å²) < 4.78 is 5.90. The molecule has 0 fully saturated rings. The van der Waals surface area contributed by atoms with Crippen molar-refractivity contribution in [2.24, 2.45) is 0 Å². The molecule has 0 aliphatic heterocycles. The van der Waals surface area contributed by atoms with Crippen molar-refractivity contribution in [3.05, 3.63) is 11.6 Å². The number of rotatable bonds is 2. The van der Waals surface area contributed by atoms with Gasteiger partial charge in [0.2, 0.25) is 0 Å². The van der Waals surface area contributed by atoms with Crippen molar-refractivity contribution in [2.75, 3.05) is 6.61 Å². The van der Waals surface area contributed by atoms with Gasteiger partial charge in [-0.3, -0.25) is 0 Å². The van der Waals surface area contributed by atoms with Gasteiger partial charge in [-0.05, 0) is 0 Å². The second-order valence-corrected chi connectivity index (χ2v) is 3.52. The fourth-order valence-corrected chi connectivity index (χ4v) is 1.51. The molecule has 0 saturated heterocycles. The molecule has 2 heteroatoms. The molecule has 0 radical (unpaired) electrons. The van der Waals surface area contributed by atoms with Gasteiger partial charge >= 0.3 is 87.9 Å². The summed E-state index contributed by atoms with van der Waals surface area (Å²) in [7, 11) is 0. The molecule has 1 aliphatic rings. The van der Waals surface area contributed by atoms with Gasteiger partial charge in [-0.2, -0.15) is 0 Å². The van der Waals surface area contributed by atoms with E-state index in [1.165, 1.54) is 24.8 Å². The zero-order valence-corrected chi connectivity index (χ0v) is 9.20. The van der Waals surface area contributed by atoms with Gasteiger partial charge in [0.05, 0.1) is 0 Å². The first-order valence-corrected chi connectivity index (χ1v) is 5.34. The Balaban J connectivity index is 2.45. The van der Waals surface area contributed by atoms with Crippen LogP contribution >= 0.6 is 0 Å². The van der Waals surface area contributed by atoms with Gasteiger partial charge in [-0.25, -0.2) is 0 Å². The molecule has 0 unspecified atom stereocenters. The van der Waals surface area contributed by atoms with Crippen LogP contribution in [0.1, 0.15) is 32.6 Å². The molecule has 1 aliphatic carbocycles. The van der Waals surface area contributed by atoms with Crippen LogP contribution in [0.15, 0.2) is 11.6 Å². The van der Waals surface area contributed by atoms with E-state index in [1.807, 2.05) is 6.92 Å². The summed E-state index contributed by atoms with van der Waals surface area (Å²) in [5.41, 5.74) is 1.26. The minimum atomic E-state index is 0.677.